The summed E-state index contributed by atoms with van der Waals surface area (Å²) in [4.78, 5) is 35.2. The number of benzene rings is 2. The molecule has 0 atom stereocenters. The minimum absolute atomic E-state index is 0.00390. The second-order valence-corrected chi connectivity index (χ2v) is 10.2. The molecule has 0 spiro atoms. The van der Waals surface area contributed by atoms with E-state index in [1.165, 1.54) is 46.1 Å². The first kappa shape index (κ1) is 27.9. The fraction of sp³-hybridized carbons (Fsp3) is 0.0968. The monoisotopic (exact) mass is 612 g/mol. The van der Waals surface area contributed by atoms with Gasteiger partial charge in [-0.05, 0) is 60.7 Å². The molecule has 1 aliphatic heterocycles. The molecule has 2 aromatic carbocycles. The summed E-state index contributed by atoms with van der Waals surface area (Å²) in [6.07, 6.45) is 2.67. The molecule has 0 unspecified atom stereocenters. The van der Waals surface area contributed by atoms with Gasteiger partial charge in [0.25, 0.3) is 11.8 Å². The molecule has 6 aromatic rings. The molecular weight excluding hydrogens is 592 g/mol. The quantitative estimate of drug-likeness (QED) is 0.214. The molecule has 0 saturated carbocycles. The fourth-order valence-corrected chi connectivity index (χ4v) is 5.19. The van der Waals surface area contributed by atoms with E-state index < -0.39 is 35.2 Å². The van der Waals surface area contributed by atoms with Crippen molar-refractivity contribution >= 4 is 23.3 Å². The SMILES string of the molecule is O=C(Nc1cn2nc(-c3c(-c4ccc(F)cc4)nn4c3CN(C(=O)c3ccc(F)c(F)c3)CC4)ccc2n1)c1ccnc(F)c1. The van der Waals surface area contributed by atoms with Gasteiger partial charge in [0.1, 0.15) is 11.5 Å². The number of carbonyl (C=O) groups is 2. The fourth-order valence-electron chi connectivity index (χ4n) is 5.19. The summed E-state index contributed by atoms with van der Waals surface area (Å²) in [5.74, 6) is -4.29. The van der Waals surface area contributed by atoms with Crippen LogP contribution in [0.5, 0.6) is 0 Å². The van der Waals surface area contributed by atoms with Crippen LogP contribution in [-0.4, -0.2) is 52.6 Å². The second kappa shape index (κ2) is 11.0. The van der Waals surface area contributed by atoms with Gasteiger partial charge in [-0.3, -0.25) is 14.3 Å². The van der Waals surface area contributed by atoms with Crippen LogP contribution in [0, 0.1) is 23.4 Å². The van der Waals surface area contributed by atoms with Crippen LogP contribution in [0.3, 0.4) is 0 Å². The Balaban J connectivity index is 1.26. The molecule has 224 valence electrons. The van der Waals surface area contributed by atoms with Gasteiger partial charge in [-0.1, -0.05) is 0 Å². The number of aromatic nitrogens is 6. The third kappa shape index (κ3) is 5.26. The lowest BCUT2D eigenvalue weighted by Crippen LogP contribution is -2.38. The van der Waals surface area contributed by atoms with E-state index in [0.29, 0.717) is 40.4 Å². The highest BCUT2D eigenvalue weighted by atomic mass is 19.2. The van der Waals surface area contributed by atoms with Crippen molar-refractivity contribution in [2.75, 3.05) is 11.9 Å². The number of hydrogen-bond donors (Lipinski definition) is 1. The van der Waals surface area contributed by atoms with Crippen molar-refractivity contribution in [1.82, 2.24) is 34.3 Å². The maximum absolute atomic E-state index is 13.9. The lowest BCUT2D eigenvalue weighted by atomic mass is 10.0. The van der Waals surface area contributed by atoms with Gasteiger partial charge in [-0.2, -0.15) is 14.6 Å². The van der Waals surface area contributed by atoms with Crippen LogP contribution in [-0.2, 0) is 13.1 Å². The van der Waals surface area contributed by atoms with Gasteiger partial charge < -0.3 is 10.2 Å². The van der Waals surface area contributed by atoms with Gasteiger partial charge in [0.2, 0.25) is 5.95 Å². The van der Waals surface area contributed by atoms with Crippen LogP contribution in [0.25, 0.3) is 28.2 Å². The van der Waals surface area contributed by atoms with Gasteiger partial charge in [0.05, 0.1) is 36.2 Å². The van der Waals surface area contributed by atoms with Gasteiger partial charge in [0.15, 0.2) is 23.1 Å². The molecule has 14 heteroatoms. The Morgan fingerprint density at radius 2 is 1.64 bits per heavy atom. The van der Waals surface area contributed by atoms with Crippen molar-refractivity contribution in [3.63, 3.8) is 0 Å². The first-order valence-corrected chi connectivity index (χ1v) is 13.6. The summed E-state index contributed by atoms with van der Waals surface area (Å²) in [6.45, 7) is 0.639. The smallest absolute Gasteiger partial charge is 0.257 e. The first-order valence-electron chi connectivity index (χ1n) is 13.6. The van der Waals surface area contributed by atoms with Gasteiger partial charge in [-0.25, -0.2) is 27.7 Å². The summed E-state index contributed by atoms with van der Waals surface area (Å²) in [5, 5.41) is 12.1. The zero-order chi connectivity index (χ0) is 31.2. The van der Waals surface area contributed by atoms with E-state index in [1.54, 1.807) is 28.9 Å². The van der Waals surface area contributed by atoms with Crippen LogP contribution in [0.4, 0.5) is 23.4 Å². The molecule has 10 nitrogen and oxygen atoms in total. The molecule has 45 heavy (non-hydrogen) atoms. The molecule has 5 heterocycles. The highest BCUT2D eigenvalue weighted by Crippen LogP contribution is 2.36. The largest absolute Gasteiger partial charge is 0.331 e. The number of carbonyl (C=O) groups excluding carboxylic acids is 2. The van der Waals surface area contributed by atoms with Crippen molar-refractivity contribution in [3.8, 4) is 22.5 Å². The molecule has 0 radical (unpaired) electrons. The molecule has 1 aliphatic rings. The van der Waals surface area contributed by atoms with E-state index in [-0.39, 0.29) is 30.0 Å². The van der Waals surface area contributed by atoms with Crippen molar-refractivity contribution in [3.05, 3.63) is 119 Å². The normalized spacial score (nSPS) is 12.8. The topological polar surface area (TPSA) is 110 Å². The van der Waals surface area contributed by atoms with Gasteiger partial charge in [0, 0.05) is 35.5 Å². The number of amides is 2. The lowest BCUT2D eigenvalue weighted by Gasteiger charge is -2.28. The molecule has 1 N–H and O–H groups in total. The van der Waals surface area contributed by atoms with E-state index in [9.17, 15) is 27.2 Å². The number of pyridine rings is 1. The van der Waals surface area contributed by atoms with Crippen LogP contribution >= 0.6 is 0 Å². The Labute approximate surface area is 251 Å². The average molecular weight is 613 g/mol. The Morgan fingerprint density at radius 1 is 0.822 bits per heavy atom. The minimum Gasteiger partial charge on any atom is -0.331 e. The molecule has 0 aliphatic carbocycles. The number of rotatable bonds is 5. The van der Waals surface area contributed by atoms with Crippen molar-refractivity contribution in [2.24, 2.45) is 0 Å². The average Bonchev–Trinajstić information content (AvgIpc) is 3.62. The maximum Gasteiger partial charge on any atom is 0.257 e. The van der Waals surface area contributed by atoms with Crippen LogP contribution in [0.15, 0.2) is 79.1 Å². The third-order valence-electron chi connectivity index (χ3n) is 7.36. The predicted molar refractivity (Wildman–Crippen MR) is 153 cm³/mol. The van der Waals surface area contributed by atoms with Gasteiger partial charge >= 0.3 is 0 Å². The number of fused-ring (bicyclic) bond motifs is 2. The summed E-state index contributed by atoms with van der Waals surface area (Å²) < 4.78 is 57.9. The molecule has 4 aromatic heterocycles. The number of hydrogen-bond acceptors (Lipinski definition) is 6. The zero-order valence-corrected chi connectivity index (χ0v) is 23.1. The number of imidazole rings is 1. The summed E-state index contributed by atoms with van der Waals surface area (Å²) in [6, 6.07) is 14.5. The molecule has 2 amide bonds. The van der Waals surface area contributed by atoms with Crippen molar-refractivity contribution in [2.45, 2.75) is 13.1 Å². The Kier molecular flexibility index (Phi) is 6.80. The Morgan fingerprint density at radius 3 is 2.42 bits per heavy atom. The van der Waals surface area contributed by atoms with Gasteiger partial charge in [-0.15, -0.1) is 0 Å². The number of halogens is 4. The first-order chi connectivity index (χ1) is 21.7. The van der Waals surface area contributed by atoms with Crippen LogP contribution in [0.2, 0.25) is 0 Å². The van der Waals surface area contributed by atoms with Crippen LogP contribution < -0.4 is 5.32 Å². The molecule has 0 fully saturated rings. The number of nitrogens with zero attached hydrogens (tertiary/aromatic N) is 7. The highest BCUT2D eigenvalue weighted by Gasteiger charge is 2.30. The zero-order valence-electron chi connectivity index (χ0n) is 23.1. The standard InChI is InChI=1S/C31H20F4N8O2/c32-20-4-1-17(2-5-20)29-28(24-15-41(11-12-42(24)40-29)31(45)19-3-6-21(33)22(34)13-19)23-7-8-27-37-26(16-43(27)39-23)38-30(44)18-9-10-36-25(35)14-18/h1-10,13-14,16H,11-12,15H2,(H,38,44). The summed E-state index contributed by atoms with van der Waals surface area (Å²) in [7, 11) is 0. The summed E-state index contributed by atoms with van der Waals surface area (Å²) >= 11 is 0. The Bertz CT molecular complexity index is 2130. The lowest BCUT2D eigenvalue weighted by molar-refractivity contribution is 0.0706. The third-order valence-corrected chi connectivity index (χ3v) is 7.36. The van der Waals surface area contributed by atoms with E-state index in [4.69, 9.17) is 10.2 Å². The molecule has 7 rings (SSSR count). The predicted octanol–water partition coefficient (Wildman–Crippen LogP) is 5.12. The van der Waals surface area contributed by atoms with E-state index in [0.717, 1.165) is 18.2 Å². The van der Waals surface area contributed by atoms with Crippen LogP contribution in [0.1, 0.15) is 26.4 Å². The van der Waals surface area contributed by atoms with Crippen molar-refractivity contribution < 1.29 is 27.2 Å². The molecule has 0 bridgehead atoms. The maximum atomic E-state index is 13.9. The van der Waals surface area contributed by atoms with E-state index in [1.807, 2.05) is 0 Å². The highest BCUT2D eigenvalue weighted by molar-refractivity contribution is 6.03. The minimum atomic E-state index is -1.12. The van der Waals surface area contributed by atoms with E-state index >= 15 is 0 Å². The van der Waals surface area contributed by atoms with Crippen molar-refractivity contribution in [1.29, 1.82) is 0 Å². The second-order valence-electron chi connectivity index (χ2n) is 10.2. The Hall–Kier alpha value is -5.92. The number of anilines is 1. The summed E-state index contributed by atoms with van der Waals surface area (Å²) in [5.41, 5.74) is 3.19. The number of nitrogens with one attached hydrogen (secondary N) is 1. The molecular formula is C31H20F4N8O2. The molecule has 0 saturated heterocycles. The van der Waals surface area contributed by atoms with E-state index in [2.05, 4.69) is 15.3 Å².